The van der Waals surface area contributed by atoms with Gasteiger partial charge in [0, 0.05) is 17.1 Å². The first kappa shape index (κ1) is 36.4. The van der Waals surface area contributed by atoms with Gasteiger partial charge in [0.2, 0.25) is 0 Å². The van der Waals surface area contributed by atoms with Gasteiger partial charge in [0.05, 0.1) is 0 Å². The molecular weight excluding hydrogens is 735 g/mol. The highest BCUT2D eigenvalue weighted by Crippen LogP contribution is 2.55. The zero-order valence-electron chi connectivity index (χ0n) is 36.0. The lowest BCUT2D eigenvalue weighted by Gasteiger charge is -2.37. The largest absolute Gasteiger partial charge is 0.310 e. The fourth-order valence-electron chi connectivity index (χ4n) is 11.8. The summed E-state index contributed by atoms with van der Waals surface area (Å²) in [5.74, 6) is 2.31. The second kappa shape index (κ2) is 13.5. The van der Waals surface area contributed by atoms with Crippen molar-refractivity contribution >= 4 is 49.4 Å². The SMILES string of the molecule is CC1c2cc(N(c3ccc4c(c3)C(C)C(C)c3ccc5ccccc5c3-4)c3ccc4c(c3)C(C)C(C)c3ccc5ccccc5c3-4)ccc2-c2c(ccc3ccccc23)C1C. The van der Waals surface area contributed by atoms with Crippen LogP contribution in [0.25, 0.3) is 65.7 Å². The first-order valence-electron chi connectivity index (χ1n) is 22.5. The van der Waals surface area contributed by atoms with E-state index in [0.29, 0.717) is 35.5 Å². The highest BCUT2D eigenvalue weighted by molar-refractivity contribution is 6.03. The van der Waals surface area contributed by atoms with Crippen molar-refractivity contribution in [1.29, 1.82) is 0 Å². The Morgan fingerprint density at radius 1 is 0.279 bits per heavy atom. The van der Waals surface area contributed by atoms with Gasteiger partial charge in [0.25, 0.3) is 0 Å². The van der Waals surface area contributed by atoms with E-state index in [1.165, 1.54) is 116 Å². The van der Waals surface area contributed by atoms with Crippen LogP contribution in [0.15, 0.2) is 164 Å². The van der Waals surface area contributed by atoms with Crippen molar-refractivity contribution in [3.63, 3.8) is 0 Å². The fraction of sp³-hybridized carbons (Fsp3) is 0.200. The van der Waals surface area contributed by atoms with Crippen molar-refractivity contribution in [3.05, 3.63) is 197 Å². The topological polar surface area (TPSA) is 3.24 Å². The van der Waals surface area contributed by atoms with Crippen LogP contribution in [-0.2, 0) is 0 Å². The summed E-state index contributed by atoms with van der Waals surface area (Å²) in [5.41, 5.74) is 20.6. The summed E-state index contributed by atoms with van der Waals surface area (Å²) in [6, 6.07) is 63.0. The van der Waals surface area contributed by atoms with Crippen molar-refractivity contribution in [2.45, 2.75) is 77.0 Å². The molecule has 0 heterocycles. The highest BCUT2D eigenvalue weighted by atomic mass is 15.1. The van der Waals surface area contributed by atoms with Crippen LogP contribution < -0.4 is 4.90 Å². The van der Waals surface area contributed by atoms with Gasteiger partial charge in [0.15, 0.2) is 0 Å². The van der Waals surface area contributed by atoms with Gasteiger partial charge in [-0.25, -0.2) is 0 Å². The van der Waals surface area contributed by atoms with Crippen LogP contribution in [0.2, 0.25) is 0 Å². The molecule has 9 aromatic carbocycles. The lowest BCUT2D eigenvalue weighted by molar-refractivity contribution is 0.616. The summed E-state index contributed by atoms with van der Waals surface area (Å²) in [7, 11) is 0. The maximum atomic E-state index is 2.57. The zero-order chi connectivity index (χ0) is 41.3. The quantitative estimate of drug-likeness (QED) is 0.172. The van der Waals surface area contributed by atoms with Crippen molar-refractivity contribution < 1.29 is 0 Å². The van der Waals surface area contributed by atoms with Gasteiger partial charge in [-0.1, -0.05) is 169 Å². The number of benzene rings is 9. The van der Waals surface area contributed by atoms with E-state index < -0.39 is 0 Å². The van der Waals surface area contributed by atoms with Crippen molar-refractivity contribution in [3.8, 4) is 33.4 Å². The Labute approximate surface area is 360 Å². The molecule has 296 valence electrons. The van der Waals surface area contributed by atoms with Crippen LogP contribution >= 0.6 is 0 Å². The second-order valence-corrected chi connectivity index (χ2v) is 18.6. The van der Waals surface area contributed by atoms with E-state index in [0.717, 1.165) is 0 Å². The van der Waals surface area contributed by atoms with Crippen LogP contribution in [0, 0.1) is 0 Å². The van der Waals surface area contributed by atoms with Crippen LogP contribution in [0.5, 0.6) is 0 Å². The molecule has 0 aromatic heterocycles. The van der Waals surface area contributed by atoms with Crippen LogP contribution in [0.3, 0.4) is 0 Å². The van der Waals surface area contributed by atoms with Gasteiger partial charge < -0.3 is 4.90 Å². The summed E-state index contributed by atoms with van der Waals surface area (Å²) in [6.45, 7) is 14.6. The molecule has 3 aliphatic carbocycles. The summed E-state index contributed by atoms with van der Waals surface area (Å²) < 4.78 is 0. The summed E-state index contributed by atoms with van der Waals surface area (Å²) in [4.78, 5) is 2.57. The number of hydrogen-bond acceptors (Lipinski definition) is 1. The molecule has 1 nitrogen and oxygen atoms in total. The molecule has 0 saturated carbocycles. The van der Waals surface area contributed by atoms with E-state index in [1.807, 2.05) is 0 Å². The van der Waals surface area contributed by atoms with Crippen molar-refractivity contribution in [2.24, 2.45) is 0 Å². The monoisotopic (exact) mass is 785 g/mol. The number of hydrogen-bond donors (Lipinski definition) is 0. The molecule has 3 aliphatic rings. The maximum Gasteiger partial charge on any atom is 0.0464 e. The van der Waals surface area contributed by atoms with Gasteiger partial charge in [-0.3, -0.25) is 0 Å². The maximum absolute atomic E-state index is 2.57. The minimum atomic E-state index is 0.369. The van der Waals surface area contributed by atoms with Crippen LogP contribution in [0.1, 0.15) is 110 Å². The van der Waals surface area contributed by atoms with Gasteiger partial charge in [-0.15, -0.1) is 0 Å². The Balaban J connectivity index is 1.09. The summed E-state index contributed by atoms with van der Waals surface area (Å²) in [5, 5.41) is 7.96. The van der Waals surface area contributed by atoms with Crippen molar-refractivity contribution in [1.82, 2.24) is 0 Å². The molecule has 61 heavy (non-hydrogen) atoms. The van der Waals surface area contributed by atoms with E-state index in [1.54, 1.807) is 0 Å². The number of rotatable bonds is 3. The molecule has 0 amide bonds. The average Bonchev–Trinajstić information content (AvgIpc) is 3.30. The Bertz CT molecular complexity index is 2930. The Morgan fingerprint density at radius 2 is 0.557 bits per heavy atom. The van der Waals surface area contributed by atoms with Crippen LogP contribution in [-0.4, -0.2) is 0 Å². The molecule has 0 radical (unpaired) electrons. The summed E-state index contributed by atoms with van der Waals surface area (Å²) >= 11 is 0. The first-order chi connectivity index (χ1) is 29.8. The molecule has 6 atom stereocenters. The molecular formula is C60H51N. The Kier molecular flexibility index (Phi) is 8.08. The van der Waals surface area contributed by atoms with Gasteiger partial charge in [-0.2, -0.15) is 0 Å². The molecule has 0 aliphatic heterocycles. The molecule has 0 N–H and O–H groups in total. The second-order valence-electron chi connectivity index (χ2n) is 18.6. The smallest absolute Gasteiger partial charge is 0.0464 e. The number of fused-ring (bicyclic) bond motifs is 15. The number of anilines is 3. The summed E-state index contributed by atoms with van der Waals surface area (Å²) in [6.07, 6.45) is 0. The molecule has 0 spiro atoms. The van der Waals surface area contributed by atoms with E-state index in [9.17, 15) is 0 Å². The average molecular weight is 786 g/mol. The fourth-order valence-corrected chi connectivity index (χ4v) is 11.8. The first-order valence-corrected chi connectivity index (χ1v) is 22.5. The van der Waals surface area contributed by atoms with Gasteiger partial charge in [0.1, 0.15) is 0 Å². The predicted octanol–water partition coefficient (Wildman–Crippen LogP) is 17.3. The van der Waals surface area contributed by atoms with Gasteiger partial charge >= 0.3 is 0 Å². The van der Waals surface area contributed by atoms with Crippen LogP contribution in [0.4, 0.5) is 17.1 Å². The molecule has 0 saturated heterocycles. The molecule has 1 heteroatoms. The van der Waals surface area contributed by atoms with E-state index in [-0.39, 0.29) is 0 Å². The van der Waals surface area contributed by atoms with Crippen molar-refractivity contribution in [2.75, 3.05) is 4.90 Å². The number of nitrogens with zero attached hydrogens (tertiary/aromatic N) is 1. The third-order valence-electron chi connectivity index (χ3n) is 15.8. The Hall–Kier alpha value is -6.44. The molecule has 12 rings (SSSR count). The minimum Gasteiger partial charge on any atom is -0.310 e. The normalized spacial score (nSPS) is 21.0. The highest BCUT2D eigenvalue weighted by Gasteiger charge is 2.34. The zero-order valence-corrected chi connectivity index (χ0v) is 36.0. The molecule has 6 unspecified atom stereocenters. The van der Waals surface area contributed by atoms with E-state index >= 15 is 0 Å². The third kappa shape index (κ3) is 5.26. The lowest BCUT2D eigenvalue weighted by atomic mass is 9.71. The minimum absolute atomic E-state index is 0.369. The standard InChI is InChI=1S/C60H51N/c1-34-37(4)55-31-43(22-28-52(55)58-46(34)25-19-40-13-7-10-16-49(40)58)61(44-23-29-53-56(32-44)38(5)35(2)47-26-20-41-14-8-11-17-50(41)59(47)53)45-24-30-54-57(33-45)39(6)36(3)48-27-21-42-15-9-12-18-51(42)60(48)54/h7-39H,1-6H3. The Morgan fingerprint density at radius 3 is 0.869 bits per heavy atom. The molecule has 0 fully saturated rings. The third-order valence-corrected chi connectivity index (χ3v) is 15.8. The molecule has 9 aromatic rings. The van der Waals surface area contributed by atoms with Gasteiger partial charge in [-0.05, 0) is 171 Å². The van der Waals surface area contributed by atoms with E-state index in [2.05, 4.69) is 210 Å². The van der Waals surface area contributed by atoms with E-state index in [4.69, 9.17) is 0 Å². The predicted molar refractivity (Wildman–Crippen MR) is 260 cm³/mol. The lowest BCUT2D eigenvalue weighted by Crippen LogP contribution is -2.18. The molecule has 0 bridgehead atoms.